The van der Waals surface area contributed by atoms with E-state index in [0.717, 1.165) is 22.0 Å². The number of rotatable bonds is 3. The third kappa shape index (κ3) is 3.44. The summed E-state index contributed by atoms with van der Waals surface area (Å²) in [6.07, 6.45) is 1.41. The molecule has 2 aromatic carbocycles. The van der Waals surface area contributed by atoms with Gasteiger partial charge in [0.2, 0.25) is 0 Å². The first kappa shape index (κ1) is 18.7. The number of pyridine rings is 1. The fourth-order valence-corrected chi connectivity index (χ4v) is 3.28. The first-order valence-electron chi connectivity index (χ1n) is 8.90. The van der Waals surface area contributed by atoms with Crippen molar-refractivity contribution in [1.82, 2.24) is 14.8 Å². The van der Waals surface area contributed by atoms with E-state index in [9.17, 15) is 10.1 Å². The monoisotopic (exact) mass is 401 g/mol. The van der Waals surface area contributed by atoms with Gasteiger partial charge in [0.1, 0.15) is 11.6 Å². The molecule has 2 heterocycles. The molecule has 0 saturated carbocycles. The van der Waals surface area contributed by atoms with Gasteiger partial charge in [0.25, 0.3) is 5.91 Å². The lowest BCUT2D eigenvalue weighted by Gasteiger charge is -2.12. The van der Waals surface area contributed by atoms with Crippen molar-refractivity contribution < 1.29 is 4.79 Å². The summed E-state index contributed by atoms with van der Waals surface area (Å²) in [5.41, 5.74) is 3.58. The number of halogens is 1. The van der Waals surface area contributed by atoms with Crippen LogP contribution in [0.2, 0.25) is 5.02 Å². The molecule has 0 aliphatic heterocycles. The van der Waals surface area contributed by atoms with Crippen LogP contribution in [0, 0.1) is 25.2 Å². The number of nitriles is 1. The maximum atomic E-state index is 12.7. The highest BCUT2D eigenvalue weighted by atomic mass is 35.5. The Bertz CT molecular complexity index is 1290. The van der Waals surface area contributed by atoms with Gasteiger partial charge in [-0.15, -0.1) is 0 Å². The predicted octanol–water partition coefficient (Wildman–Crippen LogP) is 4.81. The van der Waals surface area contributed by atoms with Crippen LogP contribution in [0.4, 0.5) is 5.82 Å². The number of carbonyl (C=O) groups excluding carboxylic acids is 1. The molecule has 0 spiro atoms. The number of carbonyl (C=O) groups is 1. The number of anilines is 1. The average molecular weight is 402 g/mol. The van der Waals surface area contributed by atoms with E-state index in [4.69, 9.17) is 16.6 Å². The molecule has 142 valence electrons. The number of nitrogens with zero attached hydrogens (tertiary/aromatic N) is 4. The van der Waals surface area contributed by atoms with Gasteiger partial charge in [-0.3, -0.25) is 4.79 Å². The Kier molecular flexibility index (Phi) is 4.75. The normalized spacial score (nSPS) is 10.7. The SMILES string of the molecule is Cc1cc(-n2ncc(C#N)c2NC(=O)c2ccc(Cl)cc2)nc2c(C)cccc12. The number of hydrogen-bond acceptors (Lipinski definition) is 4. The average Bonchev–Trinajstić information content (AvgIpc) is 3.11. The lowest BCUT2D eigenvalue weighted by molar-refractivity contribution is 0.102. The van der Waals surface area contributed by atoms with Gasteiger partial charge in [0.15, 0.2) is 11.6 Å². The number of nitrogens with one attached hydrogen (secondary N) is 1. The number of benzene rings is 2. The second kappa shape index (κ2) is 7.38. The Morgan fingerprint density at radius 2 is 1.90 bits per heavy atom. The van der Waals surface area contributed by atoms with E-state index >= 15 is 0 Å². The van der Waals surface area contributed by atoms with Gasteiger partial charge < -0.3 is 5.32 Å². The summed E-state index contributed by atoms with van der Waals surface area (Å²) in [4.78, 5) is 17.4. The van der Waals surface area contributed by atoms with E-state index in [-0.39, 0.29) is 17.3 Å². The number of fused-ring (bicyclic) bond motifs is 1. The third-order valence-electron chi connectivity index (χ3n) is 4.68. The van der Waals surface area contributed by atoms with Crippen LogP contribution in [0.3, 0.4) is 0 Å². The molecular weight excluding hydrogens is 386 g/mol. The number of amides is 1. The molecular formula is C22H16ClN5O. The van der Waals surface area contributed by atoms with Crippen molar-refractivity contribution in [3.8, 4) is 11.9 Å². The van der Waals surface area contributed by atoms with Crippen LogP contribution < -0.4 is 5.32 Å². The highest BCUT2D eigenvalue weighted by molar-refractivity contribution is 6.30. The van der Waals surface area contributed by atoms with E-state index in [0.29, 0.717) is 16.4 Å². The van der Waals surface area contributed by atoms with Gasteiger partial charge in [-0.1, -0.05) is 29.8 Å². The quantitative estimate of drug-likeness (QED) is 0.533. The molecule has 0 bridgehead atoms. The molecule has 29 heavy (non-hydrogen) atoms. The van der Waals surface area contributed by atoms with Crippen LogP contribution in [-0.2, 0) is 0 Å². The second-order valence-corrected chi connectivity index (χ2v) is 7.10. The summed E-state index contributed by atoms with van der Waals surface area (Å²) < 4.78 is 1.48. The zero-order valence-corrected chi connectivity index (χ0v) is 16.5. The number of aryl methyl sites for hydroxylation is 2. The van der Waals surface area contributed by atoms with Crippen LogP contribution in [0.25, 0.3) is 16.7 Å². The molecule has 0 radical (unpaired) electrons. The highest BCUT2D eigenvalue weighted by Crippen LogP contribution is 2.25. The van der Waals surface area contributed by atoms with Crippen molar-refractivity contribution in [2.75, 3.05) is 5.32 Å². The van der Waals surface area contributed by atoms with Crippen molar-refractivity contribution in [2.45, 2.75) is 13.8 Å². The molecule has 6 nitrogen and oxygen atoms in total. The van der Waals surface area contributed by atoms with Gasteiger partial charge in [-0.2, -0.15) is 15.0 Å². The zero-order valence-electron chi connectivity index (χ0n) is 15.8. The van der Waals surface area contributed by atoms with Gasteiger partial charge in [-0.05, 0) is 55.3 Å². The van der Waals surface area contributed by atoms with Crippen LogP contribution in [0.15, 0.2) is 54.7 Å². The van der Waals surface area contributed by atoms with Crippen molar-refractivity contribution in [2.24, 2.45) is 0 Å². The van der Waals surface area contributed by atoms with Crippen molar-refractivity contribution in [3.05, 3.63) is 82.0 Å². The molecule has 2 aromatic heterocycles. The molecule has 4 aromatic rings. The smallest absolute Gasteiger partial charge is 0.256 e. The standard InChI is InChI=1S/C22H16ClN5O/c1-13-4-3-5-18-14(2)10-19(26-20(13)18)28-21(16(11-24)12-25-28)27-22(29)15-6-8-17(23)9-7-15/h3-10,12H,1-2H3,(H,27,29). The Morgan fingerprint density at radius 3 is 2.62 bits per heavy atom. The van der Waals surface area contributed by atoms with E-state index < -0.39 is 0 Å². The summed E-state index contributed by atoms with van der Waals surface area (Å²) in [6, 6.07) is 16.5. The van der Waals surface area contributed by atoms with Gasteiger partial charge in [0.05, 0.1) is 11.7 Å². The summed E-state index contributed by atoms with van der Waals surface area (Å²) in [7, 11) is 0. The lowest BCUT2D eigenvalue weighted by atomic mass is 10.1. The molecule has 1 amide bonds. The fourth-order valence-electron chi connectivity index (χ4n) is 3.16. The van der Waals surface area contributed by atoms with Crippen molar-refractivity contribution >= 4 is 34.2 Å². The molecule has 0 aliphatic rings. The van der Waals surface area contributed by atoms with Crippen LogP contribution >= 0.6 is 11.6 Å². The van der Waals surface area contributed by atoms with E-state index in [1.54, 1.807) is 24.3 Å². The Labute approximate surface area is 172 Å². The largest absolute Gasteiger partial charge is 0.305 e. The van der Waals surface area contributed by atoms with Crippen molar-refractivity contribution in [1.29, 1.82) is 5.26 Å². The Morgan fingerprint density at radius 1 is 1.14 bits per heavy atom. The first-order valence-corrected chi connectivity index (χ1v) is 9.28. The van der Waals surface area contributed by atoms with Gasteiger partial charge in [-0.25, -0.2) is 4.98 Å². The summed E-state index contributed by atoms with van der Waals surface area (Å²) >= 11 is 5.89. The molecule has 0 saturated heterocycles. The third-order valence-corrected chi connectivity index (χ3v) is 4.93. The second-order valence-electron chi connectivity index (χ2n) is 6.66. The van der Waals surface area contributed by atoms with Gasteiger partial charge in [0, 0.05) is 16.0 Å². The van der Waals surface area contributed by atoms with E-state index in [1.807, 2.05) is 38.1 Å². The van der Waals surface area contributed by atoms with Gasteiger partial charge >= 0.3 is 0 Å². The Hall–Kier alpha value is -3.69. The van der Waals surface area contributed by atoms with Crippen LogP contribution in [0.5, 0.6) is 0 Å². The maximum absolute atomic E-state index is 12.7. The fraction of sp³-hybridized carbons (Fsp3) is 0.0909. The number of para-hydroxylation sites is 1. The van der Waals surface area contributed by atoms with E-state index in [2.05, 4.69) is 16.5 Å². The molecule has 0 unspecified atom stereocenters. The minimum atomic E-state index is -0.367. The lowest BCUT2D eigenvalue weighted by Crippen LogP contribution is -2.16. The molecule has 7 heteroatoms. The molecule has 4 rings (SSSR count). The topological polar surface area (TPSA) is 83.6 Å². The molecule has 1 N–H and O–H groups in total. The molecule has 0 aliphatic carbocycles. The van der Waals surface area contributed by atoms with Crippen molar-refractivity contribution in [3.63, 3.8) is 0 Å². The highest BCUT2D eigenvalue weighted by Gasteiger charge is 2.18. The number of hydrogen-bond donors (Lipinski definition) is 1. The summed E-state index contributed by atoms with van der Waals surface area (Å²) in [5.74, 6) is 0.429. The Balaban J connectivity index is 1.80. The zero-order chi connectivity index (χ0) is 20.5. The minimum Gasteiger partial charge on any atom is -0.305 e. The minimum absolute atomic E-state index is 0.247. The summed E-state index contributed by atoms with van der Waals surface area (Å²) in [5, 5.41) is 18.1. The maximum Gasteiger partial charge on any atom is 0.256 e. The van der Waals surface area contributed by atoms with Crippen LogP contribution in [0.1, 0.15) is 27.0 Å². The first-order chi connectivity index (χ1) is 14.0. The van der Waals surface area contributed by atoms with E-state index in [1.165, 1.54) is 10.9 Å². The molecule has 0 atom stereocenters. The summed E-state index contributed by atoms with van der Waals surface area (Å²) in [6.45, 7) is 3.99. The molecule has 0 fully saturated rings. The van der Waals surface area contributed by atoms with Crippen LogP contribution in [-0.4, -0.2) is 20.7 Å². The number of aromatic nitrogens is 3. The predicted molar refractivity (Wildman–Crippen MR) is 112 cm³/mol.